The van der Waals surface area contributed by atoms with Crippen molar-refractivity contribution in [2.24, 2.45) is 10.4 Å². The van der Waals surface area contributed by atoms with Crippen LogP contribution in [-0.2, 0) is 19.3 Å². The molecule has 0 aromatic heterocycles. The van der Waals surface area contributed by atoms with Gasteiger partial charge in [-0.2, -0.15) is 15.5 Å². The number of benzene rings is 4. The second-order valence-corrected chi connectivity index (χ2v) is 8.87. The van der Waals surface area contributed by atoms with Crippen molar-refractivity contribution in [3.05, 3.63) is 107 Å². The number of hydrogen-bond acceptors (Lipinski definition) is 3. The van der Waals surface area contributed by atoms with Crippen LogP contribution in [0.5, 0.6) is 0 Å². The number of rotatable bonds is 1. The van der Waals surface area contributed by atoms with Gasteiger partial charge in [-0.05, 0) is 76.1 Å². The summed E-state index contributed by atoms with van der Waals surface area (Å²) in [5.41, 5.74) is 8.37. The van der Waals surface area contributed by atoms with Crippen molar-refractivity contribution < 1.29 is 0 Å². The topological polar surface area (TPSA) is 59.9 Å². The van der Waals surface area contributed by atoms with E-state index in [2.05, 4.69) is 71.9 Å². The van der Waals surface area contributed by atoms with Gasteiger partial charge in [-0.15, -0.1) is 0 Å². The summed E-state index contributed by atoms with van der Waals surface area (Å²) in [6.45, 7) is 0. The second kappa shape index (κ2) is 6.91. The number of nitrogens with zero attached hydrogens (tertiary/aromatic N) is 3. The van der Waals surface area contributed by atoms with Crippen molar-refractivity contribution in [1.82, 2.24) is 0 Å². The van der Waals surface area contributed by atoms with E-state index in [-0.39, 0.29) is 5.41 Å². The average molecular weight is 409 g/mol. The Balaban J connectivity index is 1.49. The fraction of sp³-hybridized carbons (Fsp3) is 0.138. The first-order chi connectivity index (χ1) is 15.7. The first-order valence-corrected chi connectivity index (χ1v) is 10.8. The van der Waals surface area contributed by atoms with Crippen molar-refractivity contribution in [1.29, 1.82) is 10.5 Å². The Labute approximate surface area is 186 Å². The summed E-state index contributed by atoms with van der Waals surface area (Å²) >= 11 is 0. The maximum atomic E-state index is 9.60. The third-order valence-corrected chi connectivity index (χ3v) is 7.02. The van der Waals surface area contributed by atoms with Crippen LogP contribution < -0.4 is 0 Å². The Bertz CT molecular complexity index is 1490. The number of nitriles is 2. The van der Waals surface area contributed by atoms with Gasteiger partial charge in [0, 0.05) is 11.0 Å². The lowest BCUT2D eigenvalue weighted by atomic mass is 9.68. The summed E-state index contributed by atoms with van der Waals surface area (Å²) in [6, 6.07) is 29.4. The van der Waals surface area contributed by atoms with Crippen molar-refractivity contribution >= 4 is 16.5 Å². The van der Waals surface area contributed by atoms with E-state index >= 15 is 0 Å². The van der Waals surface area contributed by atoms with Crippen molar-refractivity contribution in [2.75, 3.05) is 0 Å². The van der Waals surface area contributed by atoms with E-state index in [1.165, 1.54) is 27.5 Å². The molecule has 0 amide bonds. The molecule has 0 N–H and O–H groups in total. The van der Waals surface area contributed by atoms with Crippen LogP contribution in [0.2, 0.25) is 0 Å². The maximum absolute atomic E-state index is 9.60. The minimum absolute atomic E-state index is 0.201. The Hall–Kier alpha value is -4.21. The number of fused-ring (bicyclic) bond motifs is 1. The summed E-state index contributed by atoms with van der Waals surface area (Å²) in [5.74, 6) is 0. The van der Waals surface area contributed by atoms with Crippen molar-refractivity contribution in [3.8, 4) is 23.4 Å². The molecule has 6 rings (SSSR count). The molecule has 1 spiro atoms. The molecule has 0 radical (unpaired) electrons. The Morgan fingerprint density at radius 2 is 1.41 bits per heavy atom. The largest absolute Gasteiger partial charge is 0.205 e. The van der Waals surface area contributed by atoms with Crippen LogP contribution in [0.4, 0.5) is 0 Å². The van der Waals surface area contributed by atoms with Gasteiger partial charge < -0.3 is 0 Å². The first kappa shape index (κ1) is 18.6. The predicted molar refractivity (Wildman–Crippen MR) is 126 cm³/mol. The molecule has 4 aromatic carbocycles. The standard InChI is InChI=1S/C29H19N3/c30-17-19-4-1-7-21(12-19)22-10-11-23-14-29(28(32-18-31)26(23)13-22)15-24-8-2-5-20-6-3-9-25(16-29)27(20)24/h1-13H,14-16H2/b32-28-. The second-order valence-electron chi connectivity index (χ2n) is 8.87. The fourth-order valence-electron chi connectivity index (χ4n) is 5.74. The number of aliphatic imine (C=N–C) groups is 1. The van der Waals surface area contributed by atoms with Gasteiger partial charge in [0.25, 0.3) is 0 Å². The molecule has 2 aliphatic carbocycles. The van der Waals surface area contributed by atoms with Crippen LogP contribution in [0.25, 0.3) is 21.9 Å². The van der Waals surface area contributed by atoms with Crippen LogP contribution in [-0.4, -0.2) is 5.71 Å². The normalized spacial score (nSPS) is 16.6. The van der Waals surface area contributed by atoms with E-state index in [0.717, 1.165) is 41.7 Å². The van der Waals surface area contributed by atoms with Gasteiger partial charge in [0.15, 0.2) is 0 Å². The lowest BCUT2D eigenvalue weighted by molar-refractivity contribution is 0.419. The lowest BCUT2D eigenvalue weighted by Gasteiger charge is -2.35. The molecule has 3 heteroatoms. The van der Waals surface area contributed by atoms with Gasteiger partial charge in [0.05, 0.1) is 17.3 Å². The highest BCUT2D eigenvalue weighted by Gasteiger charge is 2.46. The SMILES string of the molecule is N#C/N=C1/c2cc(-c3cccc(C#N)c3)ccc2CC12Cc1cccc3cccc(c13)C2. The molecule has 0 bridgehead atoms. The molecular formula is C29H19N3. The van der Waals surface area contributed by atoms with E-state index in [1.807, 2.05) is 24.3 Å². The average Bonchev–Trinajstić information content (AvgIpc) is 3.11. The van der Waals surface area contributed by atoms with Gasteiger partial charge in [-0.3, -0.25) is 0 Å². The zero-order chi connectivity index (χ0) is 21.7. The monoisotopic (exact) mass is 409 g/mol. The molecule has 0 heterocycles. The van der Waals surface area contributed by atoms with Crippen molar-refractivity contribution in [3.63, 3.8) is 0 Å². The molecule has 0 saturated carbocycles. The zero-order valence-corrected chi connectivity index (χ0v) is 17.5. The molecule has 0 unspecified atom stereocenters. The first-order valence-electron chi connectivity index (χ1n) is 10.8. The van der Waals surface area contributed by atoms with Crippen LogP contribution >= 0.6 is 0 Å². The van der Waals surface area contributed by atoms with E-state index in [1.54, 1.807) is 0 Å². The molecule has 3 nitrogen and oxygen atoms in total. The molecule has 0 atom stereocenters. The van der Waals surface area contributed by atoms with Gasteiger partial charge >= 0.3 is 0 Å². The lowest BCUT2D eigenvalue weighted by Crippen LogP contribution is -2.36. The molecule has 0 fully saturated rings. The Morgan fingerprint density at radius 3 is 2.12 bits per heavy atom. The zero-order valence-electron chi connectivity index (χ0n) is 17.5. The smallest absolute Gasteiger partial charge is 0.192 e. The van der Waals surface area contributed by atoms with Crippen molar-refractivity contribution in [2.45, 2.75) is 19.3 Å². The molecule has 32 heavy (non-hydrogen) atoms. The van der Waals surface area contributed by atoms with Crippen LogP contribution in [0.3, 0.4) is 0 Å². The van der Waals surface area contributed by atoms with Gasteiger partial charge in [-0.1, -0.05) is 60.7 Å². The molecule has 0 saturated heterocycles. The fourth-order valence-corrected chi connectivity index (χ4v) is 5.74. The van der Waals surface area contributed by atoms with Gasteiger partial charge in [0.2, 0.25) is 6.19 Å². The third kappa shape index (κ3) is 2.69. The van der Waals surface area contributed by atoms with E-state index in [9.17, 15) is 10.5 Å². The summed E-state index contributed by atoms with van der Waals surface area (Å²) in [5, 5.41) is 21.5. The highest BCUT2D eigenvalue weighted by molar-refractivity contribution is 6.11. The predicted octanol–water partition coefficient (Wildman–Crippen LogP) is 5.99. The minimum Gasteiger partial charge on any atom is -0.192 e. The van der Waals surface area contributed by atoms with E-state index in [0.29, 0.717) is 5.56 Å². The van der Waals surface area contributed by atoms with Gasteiger partial charge in [0.1, 0.15) is 0 Å². The molecule has 2 aliphatic rings. The van der Waals surface area contributed by atoms with E-state index < -0.39 is 0 Å². The quantitative estimate of drug-likeness (QED) is 0.363. The maximum Gasteiger partial charge on any atom is 0.205 e. The summed E-state index contributed by atoms with van der Waals surface area (Å²) in [7, 11) is 0. The minimum atomic E-state index is -0.201. The van der Waals surface area contributed by atoms with Crippen LogP contribution in [0.15, 0.2) is 83.9 Å². The Kier molecular flexibility index (Phi) is 4.00. The van der Waals surface area contributed by atoms with Crippen LogP contribution in [0, 0.1) is 28.2 Å². The molecular weight excluding hydrogens is 390 g/mol. The molecule has 4 aromatic rings. The molecule has 0 aliphatic heterocycles. The van der Waals surface area contributed by atoms with E-state index in [4.69, 9.17) is 0 Å². The van der Waals surface area contributed by atoms with Gasteiger partial charge in [-0.25, -0.2) is 0 Å². The summed E-state index contributed by atoms with van der Waals surface area (Å²) < 4.78 is 0. The number of hydrogen-bond donors (Lipinski definition) is 0. The highest BCUT2D eigenvalue weighted by Crippen LogP contribution is 2.48. The Morgan fingerprint density at radius 1 is 0.719 bits per heavy atom. The van der Waals surface area contributed by atoms with Crippen LogP contribution in [0.1, 0.15) is 27.8 Å². The third-order valence-electron chi connectivity index (χ3n) is 7.02. The summed E-state index contributed by atoms with van der Waals surface area (Å²) in [6.07, 6.45) is 4.74. The summed E-state index contributed by atoms with van der Waals surface area (Å²) in [4.78, 5) is 4.42. The molecule has 150 valence electrons. The highest BCUT2D eigenvalue weighted by atomic mass is 14.8.